The molecule has 3 aromatic rings. The monoisotopic (exact) mass is 582 g/mol. The number of imide groups is 1. The van der Waals surface area contributed by atoms with E-state index in [-0.39, 0.29) is 64.1 Å². The van der Waals surface area contributed by atoms with Crippen molar-refractivity contribution in [3.8, 4) is 11.3 Å². The number of carbonyl (C=O) groups excluding carboxylic acids is 3. The molecule has 2 saturated carbocycles. The van der Waals surface area contributed by atoms with Crippen molar-refractivity contribution >= 4 is 39.2 Å². The number of pyridine rings is 2. The highest BCUT2D eigenvalue weighted by atomic mass is 32.1. The van der Waals surface area contributed by atoms with Gasteiger partial charge in [-0.25, -0.2) is 4.98 Å². The van der Waals surface area contributed by atoms with E-state index < -0.39 is 11.9 Å². The summed E-state index contributed by atoms with van der Waals surface area (Å²) >= 11 is 1.26. The third-order valence-electron chi connectivity index (χ3n) is 9.70. The average Bonchev–Trinajstić information content (AvgIpc) is 3.44. The Balaban J connectivity index is 1.29. The highest BCUT2D eigenvalue weighted by Crippen LogP contribution is 2.63. The quantitative estimate of drug-likeness (QED) is 0.326. The lowest BCUT2D eigenvalue weighted by Gasteiger charge is -2.19. The van der Waals surface area contributed by atoms with E-state index in [4.69, 9.17) is 0 Å². The van der Waals surface area contributed by atoms with Gasteiger partial charge in [-0.1, -0.05) is 13.8 Å². The number of aryl methyl sites for hydroxylation is 1. The van der Waals surface area contributed by atoms with Crippen LogP contribution in [0, 0.1) is 41.9 Å². The standard InChI is InChI=1S/C30H29F3N4O3S/c1-13-6-20(30(31,32)33)36-24(21(13)25(38)14-7-15-10-34-11-16(15)8-14)18-4-5-35-19-9-17(41-26(18)19)12-37-27(39)22-23(28(37)40)29(22,2)3/h4-6,9,14-16,22-23,34H,7-8,10-12H2,1-3H3/t15-,16-,22?,23?/m1/s1. The number of amides is 2. The van der Waals surface area contributed by atoms with Gasteiger partial charge < -0.3 is 5.32 Å². The minimum absolute atomic E-state index is 0.00892. The van der Waals surface area contributed by atoms with Crippen LogP contribution in [0.4, 0.5) is 13.2 Å². The van der Waals surface area contributed by atoms with Crippen molar-refractivity contribution in [3.63, 3.8) is 0 Å². The molecule has 11 heteroatoms. The number of hydrogen-bond donors (Lipinski definition) is 1. The lowest BCUT2D eigenvalue weighted by Crippen LogP contribution is -2.35. The number of likely N-dealkylation sites (tertiary alicyclic amines) is 1. The van der Waals surface area contributed by atoms with Crippen molar-refractivity contribution in [3.05, 3.63) is 46.1 Å². The van der Waals surface area contributed by atoms with Gasteiger partial charge in [0.15, 0.2) is 5.78 Å². The number of nitrogens with one attached hydrogen (secondary N) is 1. The summed E-state index contributed by atoms with van der Waals surface area (Å²) in [6, 6.07) is 4.31. The minimum Gasteiger partial charge on any atom is -0.316 e. The highest BCUT2D eigenvalue weighted by molar-refractivity contribution is 7.19. The number of ketones is 1. The molecule has 1 N–H and O–H groups in total. The van der Waals surface area contributed by atoms with Crippen LogP contribution in [-0.2, 0) is 22.3 Å². The summed E-state index contributed by atoms with van der Waals surface area (Å²) < 4.78 is 42.4. The zero-order valence-corrected chi connectivity index (χ0v) is 23.7. The van der Waals surface area contributed by atoms with Gasteiger partial charge in [0.2, 0.25) is 11.8 Å². The fourth-order valence-electron chi connectivity index (χ4n) is 7.48. The second-order valence-electron chi connectivity index (χ2n) is 12.6. The van der Waals surface area contributed by atoms with Crippen LogP contribution in [0.5, 0.6) is 0 Å². The number of fused-ring (bicyclic) bond motifs is 3. The van der Waals surface area contributed by atoms with Gasteiger partial charge in [-0.2, -0.15) is 13.2 Å². The van der Waals surface area contributed by atoms with E-state index >= 15 is 0 Å². The third-order valence-corrected chi connectivity index (χ3v) is 10.8. The molecule has 7 nitrogen and oxygen atoms in total. The SMILES string of the molecule is Cc1cc(C(F)(F)F)nc(-c2ccnc3cc(CN4C(=O)C5C(C4=O)C5(C)C)sc23)c1C(=O)C1C[C@@H]2CNC[C@H]2C1. The van der Waals surface area contributed by atoms with Crippen LogP contribution in [-0.4, -0.2) is 45.6 Å². The molecule has 0 radical (unpaired) electrons. The van der Waals surface area contributed by atoms with Crippen LogP contribution in [0.2, 0.25) is 0 Å². The van der Waals surface area contributed by atoms with Crippen molar-refractivity contribution in [2.75, 3.05) is 13.1 Å². The first-order valence-electron chi connectivity index (χ1n) is 13.9. The predicted molar refractivity (Wildman–Crippen MR) is 146 cm³/mol. The molecule has 214 valence electrons. The average molecular weight is 583 g/mol. The molecule has 2 unspecified atom stereocenters. The number of nitrogens with zero attached hydrogens (tertiary/aromatic N) is 3. The molecule has 7 rings (SSSR count). The number of piperidine rings is 1. The number of hydrogen-bond acceptors (Lipinski definition) is 7. The summed E-state index contributed by atoms with van der Waals surface area (Å²) in [6.07, 6.45) is -1.77. The van der Waals surface area contributed by atoms with E-state index in [0.29, 0.717) is 45.3 Å². The summed E-state index contributed by atoms with van der Waals surface area (Å²) in [5.41, 5.74) is 0.0327. The summed E-state index contributed by atoms with van der Waals surface area (Å²) in [5.74, 6) is -0.590. The lowest BCUT2D eigenvalue weighted by atomic mass is 9.89. The Bertz CT molecular complexity index is 1610. The van der Waals surface area contributed by atoms with E-state index in [2.05, 4.69) is 15.3 Å². The Labute approximate surface area is 238 Å². The number of Topliss-reactive ketones (excluding diaryl/α,β-unsaturated/α-hetero) is 1. The molecule has 0 bridgehead atoms. The zero-order valence-electron chi connectivity index (χ0n) is 22.8. The smallest absolute Gasteiger partial charge is 0.316 e. The predicted octanol–water partition coefficient (Wildman–Crippen LogP) is 5.25. The van der Waals surface area contributed by atoms with Gasteiger partial charge in [0.1, 0.15) is 5.69 Å². The van der Waals surface area contributed by atoms with Gasteiger partial charge in [0.25, 0.3) is 0 Å². The normalized spacial score (nSPS) is 27.1. The molecule has 4 aliphatic rings. The Kier molecular flexibility index (Phi) is 5.80. The molecule has 41 heavy (non-hydrogen) atoms. The largest absolute Gasteiger partial charge is 0.433 e. The van der Waals surface area contributed by atoms with Crippen molar-refractivity contribution in [1.82, 2.24) is 20.2 Å². The number of aromatic nitrogens is 2. The fraction of sp³-hybridized carbons (Fsp3) is 0.500. The van der Waals surface area contributed by atoms with Crippen molar-refractivity contribution in [2.24, 2.45) is 35.0 Å². The van der Waals surface area contributed by atoms with Gasteiger partial charge in [0.05, 0.1) is 34.3 Å². The Morgan fingerprint density at radius 2 is 1.78 bits per heavy atom. The molecule has 0 aromatic carbocycles. The molecule has 2 aliphatic heterocycles. The summed E-state index contributed by atoms with van der Waals surface area (Å²) in [5, 5.41) is 3.36. The van der Waals surface area contributed by atoms with Crippen molar-refractivity contribution in [1.29, 1.82) is 0 Å². The molecule has 3 aromatic heterocycles. The van der Waals surface area contributed by atoms with Crippen molar-refractivity contribution in [2.45, 2.75) is 46.3 Å². The molecule has 4 atom stereocenters. The maximum Gasteiger partial charge on any atom is 0.433 e. The molecule has 2 aliphatic carbocycles. The molecule has 2 saturated heterocycles. The number of carbonyl (C=O) groups is 3. The fourth-order valence-corrected chi connectivity index (χ4v) is 8.59. The van der Waals surface area contributed by atoms with Crippen molar-refractivity contribution < 1.29 is 27.6 Å². The van der Waals surface area contributed by atoms with Crippen LogP contribution >= 0.6 is 11.3 Å². The van der Waals surface area contributed by atoms with Crippen LogP contribution in [0.3, 0.4) is 0 Å². The number of thiophene rings is 1. The summed E-state index contributed by atoms with van der Waals surface area (Å²) in [4.78, 5) is 50.2. The van der Waals surface area contributed by atoms with Gasteiger partial charge in [0, 0.05) is 28.1 Å². The molecular weight excluding hydrogens is 553 g/mol. The molecule has 5 heterocycles. The van der Waals surface area contributed by atoms with Crippen LogP contribution < -0.4 is 5.32 Å². The second-order valence-corrected chi connectivity index (χ2v) is 13.7. The summed E-state index contributed by atoms with van der Waals surface area (Å²) in [7, 11) is 0. The van der Waals surface area contributed by atoms with Gasteiger partial charge in [-0.15, -0.1) is 11.3 Å². The topological polar surface area (TPSA) is 92.3 Å². The number of halogens is 3. The summed E-state index contributed by atoms with van der Waals surface area (Å²) in [6.45, 7) is 7.18. The highest BCUT2D eigenvalue weighted by Gasteiger charge is 2.72. The first kappa shape index (κ1) is 26.7. The number of rotatable bonds is 5. The Morgan fingerprint density at radius 1 is 1.12 bits per heavy atom. The van der Waals surface area contributed by atoms with Gasteiger partial charge in [-0.3, -0.25) is 24.3 Å². The van der Waals surface area contributed by atoms with E-state index in [9.17, 15) is 27.6 Å². The third kappa shape index (κ3) is 4.06. The van der Waals surface area contributed by atoms with Crippen LogP contribution in [0.25, 0.3) is 21.5 Å². The van der Waals surface area contributed by atoms with Gasteiger partial charge >= 0.3 is 6.18 Å². The van der Waals surface area contributed by atoms with Crippen LogP contribution in [0.15, 0.2) is 24.4 Å². The Morgan fingerprint density at radius 3 is 2.41 bits per heavy atom. The zero-order chi connectivity index (χ0) is 29.0. The van der Waals surface area contributed by atoms with Crippen LogP contribution in [0.1, 0.15) is 53.2 Å². The van der Waals surface area contributed by atoms with E-state index in [1.165, 1.54) is 22.4 Å². The maximum absolute atomic E-state index is 13.9. The number of alkyl halides is 3. The second kappa shape index (κ2) is 8.91. The first-order chi connectivity index (χ1) is 19.4. The lowest BCUT2D eigenvalue weighted by molar-refractivity contribution is -0.144. The Hall–Kier alpha value is -3.18. The maximum atomic E-state index is 13.9. The first-order valence-corrected chi connectivity index (χ1v) is 14.7. The van der Waals surface area contributed by atoms with E-state index in [1.807, 2.05) is 13.8 Å². The molecule has 2 amide bonds. The minimum atomic E-state index is -4.69. The molecular formula is C30H29F3N4O3S. The van der Waals surface area contributed by atoms with Gasteiger partial charge in [-0.05, 0) is 73.9 Å². The van der Waals surface area contributed by atoms with E-state index in [1.54, 1.807) is 19.1 Å². The van der Waals surface area contributed by atoms with E-state index in [0.717, 1.165) is 19.2 Å². The molecule has 0 spiro atoms. The molecule has 4 fully saturated rings.